The molecule has 7 heteroatoms. The molecule has 0 radical (unpaired) electrons. The van der Waals surface area contributed by atoms with Crippen molar-refractivity contribution in [3.63, 3.8) is 0 Å². The number of ether oxygens (including phenoxy) is 1. The van der Waals surface area contributed by atoms with Gasteiger partial charge in [0.05, 0.1) is 7.11 Å². The SMILES string of the molecule is COc1ccc(C(=O)Nc2ccc(N3CCN(c4cc(Cl)ccn4)CC3)cc2)cc1. The van der Waals surface area contributed by atoms with Gasteiger partial charge in [0.25, 0.3) is 5.91 Å². The molecule has 1 saturated heterocycles. The first kappa shape index (κ1) is 20.0. The molecular formula is C23H23ClN4O2. The Morgan fingerprint density at radius 2 is 1.63 bits per heavy atom. The Hall–Kier alpha value is -3.25. The van der Waals surface area contributed by atoms with E-state index in [1.54, 1.807) is 43.6 Å². The summed E-state index contributed by atoms with van der Waals surface area (Å²) < 4.78 is 5.13. The fourth-order valence-electron chi connectivity index (χ4n) is 3.46. The summed E-state index contributed by atoms with van der Waals surface area (Å²) in [4.78, 5) is 21.4. The van der Waals surface area contributed by atoms with Crippen LogP contribution in [0.3, 0.4) is 0 Å². The van der Waals surface area contributed by atoms with Gasteiger partial charge in [0.2, 0.25) is 0 Å². The van der Waals surface area contributed by atoms with Crippen LogP contribution in [0.4, 0.5) is 17.2 Å². The summed E-state index contributed by atoms with van der Waals surface area (Å²) in [6, 6.07) is 18.7. The number of hydrogen-bond donors (Lipinski definition) is 1. The number of carbonyl (C=O) groups is 1. The summed E-state index contributed by atoms with van der Waals surface area (Å²) in [5.41, 5.74) is 2.49. The van der Waals surface area contributed by atoms with Crippen LogP contribution in [0.1, 0.15) is 10.4 Å². The van der Waals surface area contributed by atoms with Crippen LogP contribution in [0.15, 0.2) is 66.9 Å². The van der Waals surface area contributed by atoms with E-state index >= 15 is 0 Å². The zero-order valence-corrected chi connectivity index (χ0v) is 17.5. The van der Waals surface area contributed by atoms with Crippen LogP contribution in [0, 0.1) is 0 Å². The highest BCUT2D eigenvalue weighted by Gasteiger charge is 2.18. The van der Waals surface area contributed by atoms with E-state index in [4.69, 9.17) is 16.3 Å². The Morgan fingerprint density at radius 3 is 2.27 bits per heavy atom. The number of pyridine rings is 1. The van der Waals surface area contributed by atoms with Gasteiger partial charge in [-0.2, -0.15) is 0 Å². The lowest BCUT2D eigenvalue weighted by Crippen LogP contribution is -2.46. The summed E-state index contributed by atoms with van der Waals surface area (Å²) in [6.45, 7) is 3.55. The van der Waals surface area contributed by atoms with Gasteiger partial charge < -0.3 is 19.9 Å². The molecule has 3 aromatic rings. The Labute approximate surface area is 181 Å². The number of carbonyl (C=O) groups excluding carboxylic acids is 1. The van der Waals surface area contributed by atoms with E-state index < -0.39 is 0 Å². The van der Waals surface area contributed by atoms with E-state index in [2.05, 4.69) is 20.1 Å². The van der Waals surface area contributed by atoms with Gasteiger partial charge in [-0.3, -0.25) is 4.79 Å². The number of amides is 1. The van der Waals surface area contributed by atoms with E-state index in [1.165, 1.54) is 0 Å². The van der Waals surface area contributed by atoms with Gasteiger partial charge >= 0.3 is 0 Å². The Morgan fingerprint density at radius 1 is 0.967 bits per heavy atom. The number of hydrogen-bond acceptors (Lipinski definition) is 5. The van der Waals surface area contributed by atoms with Crippen molar-refractivity contribution in [2.24, 2.45) is 0 Å². The van der Waals surface area contributed by atoms with Gasteiger partial charge in [0, 0.05) is 54.3 Å². The second-order valence-corrected chi connectivity index (χ2v) is 7.47. The van der Waals surface area contributed by atoms with Crippen molar-refractivity contribution in [1.82, 2.24) is 4.98 Å². The monoisotopic (exact) mass is 422 g/mol. The molecule has 1 aliphatic rings. The quantitative estimate of drug-likeness (QED) is 0.663. The highest BCUT2D eigenvalue weighted by atomic mass is 35.5. The van der Waals surface area contributed by atoms with E-state index in [-0.39, 0.29) is 5.91 Å². The Balaban J connectivity index is 1.34. The number of rotatable bonds is 5. The predicted molar refractivity (Wildman–Crippen MR) is 121 cm³/mol. The van der Waals surface area contributed by atoms with E-state index in [0.717, 1.165) is 49.1 Å². The third-order valence-corrected chi connectivity index (χ3v) is 5.39. The lowest BCUT2D eigenvalue weighted by molar-refractivity contribution is 0.102. The van der Waals surface area contributed by atoms with Crippen molar-refractivity contribution in [2.45, 2.75) is 0 Å². The van der Waals surface area contributed by atoms with Crippen LogP contribution >= 0.6 is 11.6 Å². The number of piperazine rings is 1. The van der Waals surface area contributed by atoms with Gasteiger partial charge in [0.1, 0.15) is 11.6 Å². The highest BCUT2D eigenvalue weighted by Crippen LogP contribution is 2.23. The molecule has 0 saturated carbocycles. The summed E-state index contributed by atoms with van der Waals surface area (Å²) in [5, 5.41) is 3.64. The third-order valence-electron chi connectivity index (χ3n) is 5.15. The minimum absolute atomic E-state index is 0.145. The number of methoxy groups -OCH3 is 1. The van der Waals surface area contributed by atoms with Crippen molar-refractivity contribution in [3.05, 3.63) is 77.4 Å². The zero-order valence-electron chi connectivity index (χ0n) is 16.7. The van der Waals surface area contributed by atoms with Gasteiger partial charge in [0.15, 0.2) is 0 Å². The van der Waals surface area contributed by atoms with Gasteiger partial charge in [-0.1, -0.05) is 11.6 Å². The summed E-state index contributed by atoms with van der Waals surface area (Å²) in [6.07, 6.45) is 1.74. The lowest BCUT2D eigenvalue weighted by Gasteiger charge is -2.36. The number of aromatic nitrogens is 1. The standard InChI is InChI=1S/C23H23ClN4O2/c1-30-21-8-2-17(3-9-21)23(29)26-19-4-6-20(7-5-19)27-12-14-28(15-13-27)22-16-18(24)10-11-25-22/h2-11,16H,12-15H2,1H3,(H,26,29). The second kappa shape index (κ2) is 9.05. The predicted octanol–water partition coefficient (Wildman–Crippen LogP) is 4.32. The molecule has 1 aromatic heterocycles. The zero-order chi connectivity index (χ0) is 20.9. The topological polar surface area (TPSA) is 57.7 Å². The van der Waals surface area contributed by atoms with Crippen LogP contribution in [0.25, 0.3) is 0 Å². The molecule has 154 valence electrons. The van der Waals surface area contributed by atoms with Gasteiger partial charge in [-0.05, 0) is 60.7 Å². The molecule has 1 fully saturated rings. The molecule has 1 aliphatic heterocycles. The normalized spacial score (nSPS) is 13.8. The fourth-order valence-corrected chi connectivity index (χ4v) is 3.62. The lowest BCUT2D eigenvalue weighted by atomic mass is 10.2. The van der Waals surface area contributed by atoms with Crippen LogP contribution < -0.4 is 19.9 Å². The average Bonchev–Trinajstić information content (AvgIpc) is 2.80. The summed E-state index contributed by atoms with van der Waals surface area (Å²) >= 11 is 6.08. The van der Waals surface area contributed by atoms with Crippen LogP contribution in [-0.4, -0.2) is 44.2 Å². The molecule has 2 heterocycles. The van der Waals surface area contributed by atoms with E-state index in [1.807, 2.05) is 30.3 Å². The maximum Gasteiger partial charge on any atom is 0.255 e. The number of nitrogens with one attached hydrogen (secondary N) is 1. The smallest absolute Gasteiger partial charge is 0.255 e. The van der Waals surface area contributed by atoms with Gasteiger partial charge in [-0.15, -0.1) is 0 Å². The molecule has 0 unspecified atom stereocenters. The van der Waals surface area contributed by atoms with Crippen molar-refractivity contribution >= 4 is 34.7 Å². The van der Waals surface area contributed by atoms with E-state index in [0.29, 0.717) is 10.6 Å². The van der Waals surface area contributed by atoms with Crippen LogP contribution in [0.5, 0.6) is 5.75 Å². The maximum absolute atomic E-state index is 12.4. The molecule has 30 heavy (non-hydrogen) atoms. The molecule has 0 spiro atoms. The number of anilines is 3. The molecule has 0 aliphatic carbocycles. The first-order valence-electron chi connectivity index (χ1n) is 9.79. The number of benzene rings is 2. The first-order valence-corrected chi connectivity index (χ1v) is 10.2. The van der Waals surface area contributed by atoms with Crippen molar-refractivity contribution in [1.29, 1.82) is 0 Å². The minimum Gasteiger partial charge on any atom is -0.497 e. The Bertz CT molecular complexity index is 1000. The van der Waals surface area contributed by atoms with Gasteiger partial charge in [-0.25, -0.2) is 4.98 Å². The Kier molecular flexibility index (Phi) is 6.05. The largest absolute Gasteiger partial charge is 0.497 e. The molecule has 4 rings (SSSR count). The average molecular weight is 423 g/mol. The summed E-state index contributed by atoms with van der Waals surface area (Å²) in [5.74, 6) is 1.49. The van der Waals surface area contributed by atoms with E-state index in [9.17, 15) is 4.79 Å². The van der Waals surface area contributed by atoms with Crippen LogP contribution in [0.2, 0.25) is 5.02 Å². The van der Waals surface area contributed by atoms with Crippen molar-refractivity contribution in [3.8, 4) is 5.75 Å². The number of nitrogens with zero attached hydrogens (tertiary/aromatic N) is 3. The molecule has 0 atom stereocenters. The second-order valence-electron chi connectivity index (χ2n) is 7.04. The van der Waals surface area contributed by atoms with Crippen LogP contribution in [-0.2, 0) is 0 Å². The molecule has 0 bridgehead atoms. The summed E-state index contributed by atoms with van der Waals surface area (Å²) in [7, 11) is 1.60. The first-order chi connectivity index (χ1) is 14.6. The van der Waals surface area contributed by atoms with Crippen molar-refractivity contribution < 1.29 is 9.53 Å². The molecule has 1 N–H and O–H groups in total. The molecular weight excluding hydrogens is 400 g/mol. The molecule has 6 nitrogen and oxygen atoms in total. The fraction of sp³-hybridized carbons (Fsp3) is 0.217. The minimum atomic E-state index is -0.145. The third kappa shape index (κ3) is 4.66. The molecule has 2 aromatic carbocycles. The molecule has 1 amide bonds. The van der Waals surface area contributed by atoms with Crippen molar-refractivity contribution in [2.75, 3.05) is 48.4 Å². The number of halogens is 1. The highest BCUT2D eigenvalue weighted by molar-refractivity contribution is 6.30. The maximum atomic E-state index is 12.4.